The Labute approximate surface area is 117 Å². The first-order valence-corrected chi connectivity index (χ1v) is 6.51. The highest BCUT2D eigenvalue weighted by atomic mass is 35.5. The van der Waals surface area contributed by atoms with E-state index < -0.39 is 0 Å². The average molecular weight is 281 g/mol. The van der Waals surface area contributed by atoms with Crippen molar-refractivity contribution < 1.29 is 0 Å². The van der Waals surface area contributed by atoms with Gasteiger partial charge in [-0.1, -0.05) is 35.3 Å². The Morgan fingerprint density at radius 3 is 2.33 bits per heavy atom. The summed E-state index contributed by atoms with van der Waals surface area (Å²) in [6.45, 7) is 0. The largest absolute Gasteiger partial charge is 0.327 e. The minimum atomic E-state index is -0.0442. The Morgan fingerprint density at radius 1 is 1.00 bits per heavy atom. The first kappa shape index (κ1) is 13.3. The van der Waals surface area contributed by atoms with E-state index >= 15 is 0 Å². The van der Waals surface area contributed by atoms with Crippen LogP contribution in [0.4, 0.5) is 0 Å². The Balaban J connectivity index is 2.06. The molecule has 2 nitrogen and oxygen atoms in total. The zero-order chi connectivity index (χ0) is 13.0. The molecule has 2 rings (SSSR count). The van der Waals surface area contributed by atoms with Gasteiger partial charge in [0.2, 0.25) is 0 Å². The summed E-state index contributed by atoms with van der Waals surface area (Å²) in [5.41, 5.74) is 8.00. The number of rotatable bonds is 4. The number of hydrogen-bond acceptors (Lipinski definition) is 2. The van der Waals surface area contributed by atoms with Crippen LogP contribution in [0.1, 0.15) is 11.3 Å². The molecule has 0 spiro atoms. The molecule has 0 bridgehead atoms. The lowest BCUT2D eigenvalue weighted by molar-refractivity contribution is 0.654. The molecule has 18 heavy (non-hydrogen) atoms. The normalized spacial score (nSPS) is 12.4. The summed E-state index contributed by atoms with van der Waals surface area (Å²) >= 11 is 12.2. The van der Waals surface area contributed by atoms with Crippen molar-refractivity contribution in [2.75, 3.05) is 0 Å². The SMILES string of the molecule is NC(Cc1ccccn1)Cc1c(Cl)cccc1Cl. The topological polar surface area (TPSA) is 38.9 Å². The fraction of sp³-hybridized carbons (Fsp3) is 0.214. The van der Waals surface area contributed by atoms with Gasteiger partial charge >= 0.3 is 0 Å². The van der Waals surface area contributed by atoms with Crippen LogP contribution in [0.2, 0.25) is 10.0 Å². The lowest BCUT2D eigenvalue weighted by Crippen LogP contribution is -2.26. The number of aromatic nitrogens is 1. The molecule has 2 aromatic rings. The molecular formula is C14H14Cl2N2. The number of nitrogens with two attached hydrogens (primary N) is 1. The van der Waals surface area contributed by atoms with Gasteiger partial charge in [0.25, 0.3) is 0 Å². The predicted molar refractivity (Wildman–Crippen MR) is 76.1 cm³/mol. The average Bonchev–Trinajstić information content (AvgIpc) is 2.35. The van der Waals surface area contributed by atoms with E-state index in [9.17, 15) is 0 Å². The molecule has 1 atom stereocenters. The van der Waals surface area contributed by atoms with Crippen molar-refractivity contribution in [3.63, 3.8) is 0 Å². The molecular weight excluding hydrogens is 267 g/mol. The number of pyridine rings is 1. The van der Waals surface area contributed by atoms with Gasteiger partial charge in [-0.25, -0.2) is 0 Å². The molecule has 2 N–H and O–H groups in total. The molecule has 4 heteroatoms. The third-order valence-corrected chi connectivity index (χ3v) is 3.43. The number of hydrogen-bond donors (Lipinski definition) is 1. The smallest absolute Gasteiger partial charge is 0.0453 e. The third kappa shape index (κ3) is 3.45. The molecule has 1 heterocycles. The van der Waals surface area contributed by atoms with Crippen molar-refractivity contribution >= 4 is 23.2 Å². The molecule has 0 aliphatic heterocycles. The minimum absolute atomic E-state index is 0.0442. The Hall–Kier alpha value is -1.09. The van der Waals surface area contributed by atoms with Crippen molar-refractivity contribution in [1.29, 1.82) is 0 Å². The zero-order valence-corrected chi connectivity index (χ0v) is 11.3. The molecule has 0 radical (unpaired) electrons. The standard InChI is InChI=1S/C14H14Cl2N2/c15-13-5-3-6-14(16)12(13)9-10(17)8-11-4-1-2-7-18-11/h1-7,10H,8-9,17H2. The highest BCUT2D eigenvalue weighted by molar-refractivity contribution is 6.35. The van der Waals surface area contributed by atoms with Crippen molar-refractivity contribution in [3.8, 4) is 0 Å². The molecule has 0 saturated carbocycles. The fourth-order valence-corrected chi connectivity index (χ4v) is 2.40. The second kappa shape index (κ2) is 6.19. The van der Waals surface area contributed by atoms with Crippen LogP contribution in [-0.2, 0) is 12.8 Å². The van der Waals surface area contributed by atoms with Gasteiger partial charge in [0.05, 0.1) is 0 Å². The summed E-state index contributed by atoms with van der Waals surface area (Å²) in [5, 5.41) is 1.33. The van der Waals surface area contributed by atoms with Crippen molar-refractivity contribution in [2.24, 2.45) is 5.73 Å². The van der Waals surface area contributed by atoms with Gasteiger partial charge in [0.1, 0.15) is 0 Å². The van der Waals surface area contributed by atoms with Crippen LogP contribution in [0, 0.1) is 0 Å². The zero-order valence-electron chi connectivity index (χ0n) is 9.81. The summed E-state index contributed by atoms with van der Waals surface area (Å²) in [6.07, 6.45) is 3.13. The maximum Gasteiger partial charge on any atom is 0.0453 e. The molecule has 1 unspecified atom stereocenters. The molecule has 0 aliphatic carbocycles. The van der Waals surface area contributed by atoms with Crippen molar-refractivity contribution in [3.05, 3.63) is 63.9 Å². The molecule has 1 aromatic carbocycles. The van der Waals surface area contributed by atoms with E-state index in [0.717, 1.165) is 11.3 Å². The lowest BCUT2D eigenvalue weighted by atomic mass is 10.0. The third-order valence-electron chi connectivity index (χ3n) is 2.73. The second-order valence-electron chi connectivity index (χ2n) is 4.19. The summed E-state index contributed by atoms with van der Waals surface area (Å²) in [7, 11) is 0. The van der Waals surface area contributed by atoms with E-state index in [1.165, 1.54) is 0 Å². The van der Waals surface area contributed by atoms with Gasteiger partial charge in [-0.05, 0) is 36.2 Å². The van der Waals surface area contributed by atoms with Crippen molar-refractivity contribution in [1.82, 2.24) is 4.98 Å². The van der Waals surface area contributed by atoms with Crippen LogP contribution in [0.15, 0.2) is 42.6 Å². The number of benzene rings is 1. The first-order chi connectivity index (χ1) is 8.66. The Morgan fingerprint density at radius 2 is 1.72 bits per heavy atom. The first-order valence-electron chi connectivity index (χ1n) is 5.75. The van der Waals surface area contributed by atoms with E-state index in [0.29, 0.717) is 22.9 Å². The predicted octanol–water partition coefficient (Wildman–Crippen LogP) is 3.50. The highest BCUT2D eigenvalue weighted by Gasteiger charge is 2.11. The van der Waals surface area contributed by atoms with Crippen LogP contribution in [0.5, 0.6) is 0 Å². The molecule has 0 amide bonds. The van der Waals surface area contributed by atoms with E-state index in [-0.39, 0.29) is 6.04 Å². The highest BCUT2D eigenvalue weighted by Crippen LogP contribution is 2.25. The minimum Gasteiger partial charge on any atom is -0.327 e. The van der Waals surface area contributed by atoms with Crippen LogP contribution >= 0.6 is 23.2 Å². The monoisotopic (exact) mass is 280 g/mol. The van der Waals surface area contributed by atoms with Crippen LogP contribution in [0.25, 0.3) is 0 Å². The summed E-state index contributed by atoms with van der Waals surface area (Å²) in [5.74, 6) is 0. The second-order valence-corrected chi connectivity index (χ2v) is 5.00. The van der Waals surface area contributed by atoms with Gasteiger partial charge < -0.3 is 5.73 Å². The van der Waals surface area contributed by atoms with E-state index in [4.69, 9.17) is 28.9 Å². The number of halogens is 2. The Bertz CT molecular complexity index is 494. The summed E-state index contributed by atoms with van der Waals surface area (Å²) in [4.78, 5) is 4.26. The van der Waals surface area contributed by atoms with E-state index in [1.807, 2.05) is 36.4 Å². The van der Waals surface area contributed by atoms with Gasteiger partial charge in [-0.2, -0.15) is 0 Å². The molecule has 0 saturated heterocycles. The Kier molecular flexibility index (Phi) is 4.59. The molecule has 94 valence electrons. The van der Waals surface area contributed by atoms with Crippen LogP contribution in [-0.4, -0.2) is 11.0 Å². The van der Waals surface area contributed by atoms with Crippen molar-refractivity contribution in [2.45, 2.75) is 18.9 Å². The maximum absolute atomic E-state index is 6.12. The van der Waals surface area contributed by atoms with Gasteiger partial charge in [-0.15, -0.1) is 0 Å². The van der Waals surface area contributed by atoms with Crippen LogP contribution < -0.4 is 5.73 Å². The molecule has 1 aromatic heterocycles. The molecule has 0 fully saturated rings. The quantitative estimate of drug-likeness (QED) is 0.931. The van der Waals surface area contributed by atoms with Gasteiger partial charge in [-0.3, -0.25) is 4.98 Å². The lowest BCUT2D eigenvalue weighted by Gasteiger charge is -2.13. The summed E-state index contributed by atoms with van der Waals surface area (Å²) < 4.78 is 0. The number of nitrogens with zero attached hydrogens (tertiary/aromatic N) is 1. The molecule has 0 aliphatic rings. The summed E-state index contributed by atoms with van der Waals surface area (Å²) in [6, 6.07) is 11.3. The van der Waals surface area contributed by atoms with Gasteiger partial charge in [0, 0.05) is 34.4 Å². The van der Waals surface area contributed by atoms with E-state index in [2.05, 4.69) is 4.98 Å². The maximum atomic E-state index is 6.12. The fourth-order valence-electron chi connectivity index (χ4n) is 1.85. The van der Waals surface area contributed by atoms with Crippen LogP contribution in [0.3, 0.4) is 0 Å². The van der Waals surface area contributed by atoms with E-state index in [1.54, 1.807) is 6.20 Å². The van der Waals surface area contributed by atoms with Gasteiger partial charge in [0.15, 0.2) is 0 Å².